The maximum absolute atomic E-state index is 13.8. The van der Waals surface area contributed by atoms with Gasteiger partial charge in [0, 0.05) is 11.6 Å². The molecule has 1 fully saturated rings. The van der Waals surface area contributed by atoms with Gasteiger partial charge in [-0.2, -0.15) is 0 Å². The second kappa shape index (κ2) is 9.07. The fourth-order valence-corrected chi connectivity index (χ4v) is 4.44. The predicted molar refractivity (Wildman–Crippen MR) is 133 cm³/mol. The third-order valence-corrected chi connectivity index (χ3v) is 6.52. The third-order valence-electron chi connectivity index (χ3n) is 6.52. The van der Waals surface area contributed by atoms with E-state index in [2.05, 4.69) is 0 Å². The van der Waals surface area contributed by atoms with Gasteiger partial charge in [0.25, 0.3) is 0 Å². The molecule has 10 heteroatoms. The van der Waals surface area contributed by atoms with E-state index in [9.17, 15) is 25.2 Å². The molecule has 196 valence electrons. The highest BCUT2D eigenvalue weighted by atomic mass is 16.7. The van der Waals surface area contributed by atoms with Gasteiger partial charge >= 0.3 is 0 Å². The van der Waals surface area contributed by atoms with Gasteiger partial charge in [-0.25, -0.2) is 0 Å². The van der Waals surface area contributed by atoms with Gasteiger partial charge in [0.05, 0.1) is 18.8 Å². The lowest BCUT2D eigenvalue weighted by Crippen LogP contribution is -2.58. The van der Waals surface area contributed by atoms with E-state index in [4.69, 9.17) is 23.4 Å². The number of aromatic hydroxyl groups is 1. The Bertz CT molecular complexity index is 1420. The van der Waals surface area contributed by atoms with Gasteiger partial charge in [-0.3, -0.25) is 4.79 Å². The molecular weight excluding hydrogens is 484 g/mol. The first-order chi connectivity index (χ1) is 17.5. The van der Waals surface area contributed by atoms with E-state index in [1.54, 1.807) is 30.3 Å². The number of phenols is 1. The molecule has 1 aromatic heterocycles. The minimum atomic E-state index is -1.67. The molecule has 5 atom stereocenters. The maximum Gasteiger partial charge on any atom is 0.239 e. The van der Waals surface area contributed by atoms with Crippen LogP contribution in [-0.2, 0) is 4.74 Å². The van der Waals surface area contributed by atoms with E-state index in [-0.39, 0.29) is 28.2 Å². The molecule has 2 aromatic carbocycles. The third kappa shape index (κ3) is 4.31. The van der Waals surface area contributed by atoms with Crippen molar-refractivity contribution in [1.29, 1.82) is 0 Å². The predicted octanol–water partition coefficient (Wildman–Crippen LogP) is 2.56. The average molecular weight is 513 g/mol. The molecule has 5 rings (SSSR count). The summed E-state index contributed by atoms with van der Waals surface area (Å²) in [5.41, 5.74) is -0.377. The molecule has 0 aliphatic carbocycles. The van der Waals surface area contributed by atoms with Gasteiger partial charge in [0.1, 0.15) is 46.5 Å². The molecule has 0 bridgehead atoms. The number of methoxy groups -OCH3 is 1. The number of fused-ring (bicyclic) bond motifs is 3. The van der Waals surface area contributed by atoms with Crippen LogP contribution in [0.4, 0.5) is 0 Å². The summed E-state index contributed by atoms with van der Waals surface area (Å²) in [5.74, 6) is 0.171. The van der Waals surface area contributed by atoms with E-state index in [0.717, 1.165) is 0 Å². The number of benzene rings is 2. The van der Waals surface area contributed by atoms with Crippen LogP contribution in [0.1, 0.15) is 26.3 Å². The molecule has 0 radical (unpaired) electrons. The number of ether oxygens (including phenoxy) is 4. The smallest absolute Gasteiger partial charge is 0.239 e. The van der Waals surface area contributed by atoms with E-state index >= 15 is 0 Å². The van der Waals surface area contributed by atoms with E-state index in [1.807, 2.05) is 19.9 Å². The van der Waals surface area contributed by atoms with Crippen molar-refractivity contribution in [2.45, 2.75) is 57.1 Å². The van der Waals surface area contributed by atoms with E-state index < -0.39 is 41.7 Å². The van der Waals surface area contributed by atoms with Crippen LogP contribution < -0.4 is 19.6 Å². The first-order valence-corrected chi connectivity index (χ1v) is 11.8. The largest absolute Gasteiger partial charge is 0.507 e. The quantitative estimate of drug-likeness (QED) is 0.411. The molecule has 0 amide bonds. The van der Waals surface area contributed by atoms with Crippen LogP contribution in [0.15, 0.2) is 45.6 Å². The van der Waals surface area contributed by atoms with Crippen molar-refractivity contribution in [1.82, 2.24) is 0 Å². The summed E-state index contributed by atoms with van der Waals surface area (Å²) in [7, 11) is 1.52. The van der Waals surface area contributed by atoms with Crippen LogP contribution in [0.3, 0.4) is 0 Å². The van der Waals surface area contributed by atoms with Crippen LogP contribution in [0.2, 0.25) is 0 Å². The van der Waals surface area contributed by atoms with E-state index in [1.165, 1.54) is 20.1 Å². The molecule has 3 heterocycles. The zero-order chi connectivity index (χ0) is 26.6. The molecule has 37 heavy (non-hydrogen) atoms. The Labute approximate surface area is 211 Å². The number of aliphatic hydroxyl groups excluding tert-OH is 3. The number of hydrogen-bond donors (Lipinski definition) is 4. The zero-order valence-corrected chi connectivity index (χ0v) is 20.7. The Morgan fingerprint density at radius 3 is 2.41 bits per heavy atom. The molecule has 0 saturated carbocycles. The first-order valence-electron chi connectivity index (χ1n) is 11.8. The molecule has 4 N–H and O–H groups in total. The van der Waals surface area contributed by atoms with Crippen molar-refractivity contribution >= 4 is 17.0 Å². The molecule has 1 saturated heterocycles. The second-order valence-corrected chi connectivity index (χ2v) is 9.67. The fraction of sp³-hybridized carbons (Fsp3) is 0.370. The molecule has 3 aromatic rings. The second-order valence-electron chi connectivity index (χ2n) is 9.67. The summed E-state index contributed by atoms with van der Waals surface area (Å²) in [5, 5.41) is 41.4. The van der Waals surface area contributed by atoms with Crippen molar-refractivity contribution in [2.75, 3.05) is 7.11 Å². The molecule has 10 nitrogen and oxygen atoms in total. The lowest BCUT2D eigenvalue weighted by atomic mass is 9.99. The Morgan fingerprint density at radius 2 is 1.73 bits per heavy atom. The lowest BCUT2D eigenvalue weighted by molar-refractivity contribution is -0.268. The highest BCUT2D eigenvalue weighted by molar-refractivity contribution is 5.95. The van der Waals surface area contributed by atoms with Gasteiger partial charge in [-0.1, -0.05) is 0 Å². The highest BCUT2D eigenvalue weighted by Gasteiger charge is 2.44. The van der Waals surface area contributed by atoms with Crippen molar-refractivity contribution in [2.24, 2.45) is 0 Å². The average Bonchev–Trinajstić information content (AvgIpc) is 2.86. The molecule has 0 unspecified atom stereocenters. The summed E-state index contributed by atoms with van der Waals surface area (Å²) in [6, 6.07) is 7.98. The Balaban J connectivity index is 1.73. The number of phenolic OH excluding ortho intramolecular Hbond substituents is 1. The minimum Gasteiger partial charge on any atom is -0.507 e. The van der Waals surface area contributed by atoms with Crippen molar-refractivity contribution in [3.63, 3.8) is 0 Å². The molecule has 2 aliphatic rings. The van der Waals surface area contributed by atoms with Crippen molar-refractivity contribution in [3.05, 3.63) is 52.2 Å². The van der Waals surface area contributed by atoms with Gasteiger partial charge in [0.2, 0.25) is 17.5 Å². The molecule has 2 aliphatic heterocycles. The fourth-order valence-electron chi connectivity index (χ4n) is 4.44. The monoisotopic (exact) mass is 512 g/mol. The number of rotatable bonds is 4. The summed E-state index contributed by atoms with van der Waals surface area (Å²) in [6.45, 7) is 5.20. The summed E-state index contributed by atoms with van der Waals surface area (Å²) in [4.78, 5) is 13.8. The Hall–Kier alpha value is -3.57. The standard InChI is InChI=1S/C27H28O10/c1-12-19(29)21(31)22(32)26(34-12)36-25-20(30)18-16(28)11-17-15(9-10-27(2,3)37-17)24(18)35-23(25)13-5-7-14(33-4)8-6-13/h5-12,19,21-22,26,28-29,31-32H,1-4H3/t12-,19-,21+,22-,26-/m0/s1. The van der Waals surface area contributed by atoms with Gasteiger partial charge in [0.15, 0.2) is 11.3 Å². The summed E-state index contributed by atoms with van der Waals surface area (Å²) >= 11 is 0. The van der Waals surface area contributed by atoms with Crippen LogP contribution in [0, 0.1) is 0 Å². The van der Waals surface area contributed by atoms with Crippen molar-refractivity contribution < 1.29 is 43.8 Å². The van der Waals surface area contributed by atoms with Crippen LogP contribution >= 0.6 is 0 Å². The van der Waals surface area contributed by atoms with Crippen molar-refractivity contribution in [3.8, 4) is 34.3 Å². The summed E-state index contributed by atoms with van der Waals surface area (Å²) < 4.78 is 28.8. The Morgan fingerprint density at radius 1 is 1.03 bits per heavy atom. The number of hydrogen-bond acceptors (Lipinski definition) is 10. The summed E-state index contributed by atoms with van der Waals surface area (Å²) in [6.07, 6.45) is -3.42. The topological polar surface area (TPSA) is 148 Å². The van der Waals surface area contributed by atoms with Gasteiger partial charge in [-0.15, -0.1) is 0 Å². The molecule has 0 spiro atoms. The molecular formula is C27H28O10. The van der Waals surface area contributed by atoms with Crippen LogP contribution in [-0.4, -0.2) is 63.8 Å². The van der Waals surface area contributed by atoms with Crippen LogP contribution in [0.5, 0.6) is 23.0 Å². The Kier molecular flexibility index (Phi) is 6.15. The highest BCUT2D eigenvalue weighted by Crippen LogP contribution is 2.43. The normalized spacial score (nSPS) is 26.4. The maximum atomic E-state index is 13.8. The number of aliphatic hydroxyl groups is 3. The SMILES string of the molecule is COc1ccc(-c2oc3c4c(cc(O)c3c(=O)c2O[C@@H]2O[C@@H](C)[C@H](O)[C@@H](O)[C@@H]2O)OC(C)(C)C=C4)cc1. The first kappa shape index (κ1) is 25.1. The van der Waals surface area contributed by atoms with Crippen LogP contribution in [0.25, 0.3) is 28.4 Å². The van der Waals surface area contributed by atoms with E-state index in [0.29, 0.717) is 22.6 Å². The van der Waals surface area contributed by atoms with Gasteiger partial charge in [-0.05, 0) is 57.2 Å². The van der Waals surface area contributed by atoms with Gasteiger partial charge < -0.3 is 43.8 Å². The minimum absolute atomic E-state index is 0.00440. The lowest BCUT2D eigenvalue weighted by Gasteiger charge is -2.38. The zero-order valence-electron chi connectivity index (χ0n) is 20.7.